The average molecular weight is 297 g/mol. The van der Waals surface area contributed by atoms with Gasteiger partial charge >= 0.3 is 7.12 Å². The molecule has 0 amide bonds. The van der Waals surface area contributed by atoms with Gasteiger partial charge in [-0.2, -0.15) is 0 Å². The quantitative estimate of drug-likeness (QED) is 0.528. The summed E-state index contributed by atoms with van der Waals surface area (Å²) < 4.78 is 15.8. The summed E-state index contributed by atoms with van der Waals surface area (Å²) in [6.07, 6.45) is 0. The highest BCUT2D eigenvalue weighted by Gasteiger charge is 2.11. The Morgan fingerprint density at radius 1 is 1.00 bits per heavy atom. The van der Waals surface area contributed by atoms with E-state index in [1.54, 1.807) is 38.5 Å². The number of rotatable bonds is 11. The van der Waals surface area contributed by atoms with Crippen molar-refractivity contribution < 1.29 is 24.3 Å². The van der Waals surface area contributed by atoms with Crippen LogP contribution in [0.5, 0.6) is 5.75 Å². The molecule has 21 heavy (non-hydrogen) atoms. The average Bonchev–Trinajstić information content (AvgIpc) is 2.49. The molecule has 2 N–H and O–H groups in total. The summed E-state index contributed by atoms with van der Waals surface area (Å²) in [4.78, 5) is 2.19. The van der Waals surface area contributed by atoms with Crippen molar-refractivity contribution in [1.82, 2.24) is 4.90 Å². The van der Waals surface area contributed by atoms with Crippen LogP contribution in [0.15, 0.2) is 24.3 Å². The van der Waals surface area contributed by atoms with Gasteiger partial charge in [-0.15, -0.1) is 0 Å². The van der Waals surface area contributed by atoms with Crippen molar-refractivity contribution in [3.63, 3.8) is 0 Å². The minimum Gasteiger partial charge on any atom is -0.492 e. The molecule has 0 bridgehead atoms. The van der Waals surface area contributed by atoms with Gasteiger partial charge in [0.25, 0.3) is 0 Å². The van der Waals surface area contributed by atoms with Crippen molar-refractivity contribution in [2.45, 2.75) is 0 Å². The van der Waals surface area contributed by atoms with Gasteiger partial charge in [-0.05, 0) is 17.6 Å². The van der Waals surface area contributed by atoms with Gasteiger partial charge in [-0.25, -0.2) is 0 Å². The first-order chi connectivity index (χ1) is 10.2. The highest BCUT2D eigenvalue weighted by atomic mass is 16.5. The summed E-state index contributed by atoms with van der Waals surface area (Å²) in [5.41, 5.74) is 0.420. The third kappa shape index (κ3) is 7.45. The van der Waals surface area contributed by atoms with E-state index in [4.69, 9.17) is 24.3 Å². The Labute approximate surface area is 126 Å². The van der Waals surface area contributed by atoms with Gasteiger partial charge in [0.2, 0.25) is 0 Å². The number of benzene rings is 1. The smallest absolute Gasteiger partial charge is 0.488 e. The first kappa shape index (κ1) is 17.9. The number of hydrogen-bond acceptors (Lipinski definition) is 6. The molecule has 1 aromatic carbocycles. The molecular weight excluding hydrogens is 273 g/mol. The molecule has 0 fully saturated rings. The van der Waals surface area contributed by atoms with E-state index in [0.717, 1.165) is 19.6 Å². The highest BCUT2D eigenvalue weighted by molar-refractivity contribution is 6.58. The molecular formula is C14H24BNO5. The molecule has 0 saturated carbocycles. The molecule has 0 unspecified atom stereocenters. The number of ether oxygens (including phenoxy) is 3. The van der Waals surface area contributed by atoms with E-state index in [0.29, 0.717) is 31.0 Å². The topological polar surface area (TPSA) is 71.4 Å². The van der Waals surface area contributed by atoms with Crippen LogP contribution >= 0.6 is 0 Å². The summed E-state index contributed by atoms with van der Waals surface area (Å²) in [5.74, 6) is 0.624. The second kappa shape index (κ2) is 10.6. The molecule has 7 heteroatoms. The van der Waals surface area contributed by atoms with Crippen LogP contribution in [0.4, 0.5) is 0 Å². The van der Waals surface area contributed by atoms with Crippen molar-refractivity contribution in [1.29, 1.82) is 0 Å². The lowest BCUT2D eigenvalue weighted by Gasteiger charge is -2.21. The molecule has 0 spiro atoms. The van der Waals surface area contributed by atoms with Crippen molar-refractivity contribution in [2.75, 3.05) is 53.7 Å². The molecule has 0 heterocycles. The van der Waals surface area contributed by atoms with E-state index in [1.807, 2.05) is 0 Å². The predicted octanol–water partition coefficient (Wildman–Crippen LogP) is -0.660. The van der Waals surface area contributed by atoms with Crippen LogP contribution in [-0.2, 0) is 9.47 Å². The fraction of sp³-hybridized carbons (Fsp3) is 0.571. The van der Waals surface area contributed by atoms with E-state index in [2.05, 4.69) is 4.90 Å². The second-order valence-electron chi connectivity index (χ2n) is 4.62. The summed E-state index contributed by atoms with van der Waals surface area (Å²) in [6, 6.07) is 6.79. The van der Waals surface area contributed by atoms with Gasteiger partial charge < -0.3 is 24.3 Å². The zero-order valence-electron chi connectivity index (χ0n) is 12.7. The Morgan fingerprint density at radius 3 is 2.19 bits per heavy atom. The maximum absolute atomic E-state index is 9.12. The molecule has 0 aliphatic carbocycles. The van der Waals surface area contributed by atoms with Crippen LogP contribution in [-0.4, -0.2) is 75.7 Å². The van der Waals surface area contributed by atoms with E-state index in [-0.39, 0.29) is 0 Å². The van der Waals surface area contributed by atoms with Crippen LogP contribution in [0.3, 0.4) is 0 Å². The van der Waals surface area contributed by atoms with E-state index >= 15 is 0 Å². The van der Waals surface area contributed by atoms with Crippen LogP contribution in [0.2, 0.25) is 0 Å². The van der Waals surface area contributed by atoms with Crippen LogP contribution in [0.25, 0.3) is 0 Å². The van der Waals surface area contributed by atoms with Gasteiger partial charge in [0.15, 0.2) is 0 Å². The Hall–Kier alpha value is -1.12. The lowest BCUT2D eigenvalue weighted by molar-refractivity contribution is 0.104. The van der Waals surface area contributed by atoms with Gasteiger partial charge in [-0.3, -0.25) is 4.90 Å². The molecule has 0 saturated heterocycles. The zero-order chi connectivity index (χ0) is 15.5. The predicted molar refractivity (Wildman–Crippen MR) is 82.0 cm³/mol. The van der Waals surface area contributed by atoms with Gasteiger partial charge in [0.05, 0.1) is 13.2 Å². The maximum Gasteiger partial charge on any atom is 0.488 e. The standard InChI is InChI=1S/C14H24BNO5/c1-19-9-6-16(7-10-20-2)8-11-21-14-5-3-4-13(12-14)15(17)18/h3-5,12,17-18H,6-11H2,1-2H3. The normalized spacial score (nSPS) is 10.9. The Kier molecular flexibility index (Phi) is 9.04. The lowest BCUT2D eigenvalue weighted by atomic mass is 9.80. The first-order valence-electron chi connectivity index (χ1n) is 6.96. The number of nitrogens with zero attached hydrogens (tertiary/aromatic N) is 1. The summed E-state index contributed by atoms with van der Waals surface area (Å²) in [6.45, 7) is 4.22. The molecule has 1 rings (SSSR count). The minimum atomic E-state index is -1.48. The van der Waals surface area contributed by atoms with Gasteiger partial charge in [0, 0.05) is 33.9 Å². The largest absolute Gasteiger partial charge is 0.492 e. The molecule has 1 aromatic rings. The molecule has 118 valence electrons. The Morgan fingerprint density at radius 2 is 1.62 bits per heavy atom. The third-order valence-corrected chi connectivity index (χ3v) is 3.06. The van der Waals surface area contributed by atoms with E-state index < -0.39 is 7.12 Å². The van der Waals surface area contributed by atoms with Gasteiger partial charge in [-0.1, -0.05) is 12.1 Å². The zero-order valence-corrected chi connectivity index (χ0v) is 12.7. The molecule has 0 aliphatic heterocycles. The van der Waals surface area contributed by atoms with Gasteiger partial charge in [0.1, 0.15) is 12.4 Å². The molecule has 0 radical (unpaired) electrons. The van der Waals surface area contributed by atoms with E-state index in [9.17, 15) is 0 Å². The summed E-state index contributed by atoms with van der Waals surface area (Å²) in [5, 5.41) is 18.2. The monoisotopic (exact) mass is 297 g/mol. The maximum atomic E-state index is 9.12. The molecule has 6 nitrogen and oxygen atoms in total. The van der Waals surface area contributed by atoms with E-state index in [1.165, 1.54) is 0 Å². The fourth-order valence-electron chi connectivity index (χ4n) is 1.83. The lowest BCUT2D eigenvalue weighted by Crippen LogP contribution is -2.34. The number of hydrogen-bond donors (Lipinski definition) is 2. The Bertz CT molecular complexity index is 383. The minimum absolute atomic E-state index is 0.420. The molecule has 0 atom stereocenters. The third-order valence-electron chi connectivity index (χ3n) is 3.06. The van der Waals surface area contributed by atoms with Crippen molar-refractivity contribution in [3.8, 4) is 5.75 Å². The summed E-state index contributed by atoms with van der Waals surface area (Å²) >= 11 is 0. The summed E-state index contributed by atoms with van der Waals surface area (Å²) in [7, 11) is 1.88. The number of methoxy groups -OCH3 is 2. The SMILES string of the molecule is COCCN(CCOC)CCOc1cccc(B(O)O)c1. The van der Waals surface area contributed by atoms with Crippen molar-refractivity contribution in [2.24, 2.45) is 0 Å². The van der Waals surface area contributed by atoms with Crippen molar-refractivity contribution in [3.05, 3.63) is 24.3 Å². The van der Waals surface area contributed by atoms with Crippen LogP contribution in [0.1, 0.15) is 0 Å². The Balaban J connectivity index is 2.39. The molecule has 0 aliphatic rings. The fourth-order valence-corrected chi connectivity index (χ4v) is 1.83. The highest BCUT2D eigenvalue weighted by Crippen LogP contribution is 2.07. The second-order valence-corrected chi connectivity index (χ2v) is 4.62. The van der Waals surface area contributed by atoms with Crippen LogP contribution < -0.4 is 10.2 Å². The van der Waals surface area contributed by atoms with Crippen molar-refractivity contribution >= 4 is 12.6 Å². The molecule has 0 aromatic heterocycles. The first-order valence-corrected chi connectivity index (χ1v) is 6.96. The van der Waals surface area contributed by atoms with Crippen LogP contribution in [0, 0.1) is 0 Å².